The Morgan fingerprint density at radius 2 is 1.93 bits per heavy atom. The van der Waals surface area contributed by atoms with Crippen LogP contribution in [0.4, 0.5) is 16.2 Å². The monoisotopic (exact) mass is 406 g/mol. The SMILES string of the molecule is CCOC(=O)[C@@H](C)Oc1ccc2c(c1)N(C)C(=O)N(c1ccc(Cl)cc1)S2. The van der Waals surface area contributed by atoms with Crippen molar-refractivity contribution >= 4 is 46.9 Å². The smallest absolute Gasteiger partial charge is 0.347 e. The molecule has 1 heterocycles. The number of nitrogens with zero attached hydrogens (tertiary/aromatic N) is 2. The summed E-state index contributed by atoms with van der Waals surface area (Å²) in [6, 6.07) is 12.3. The van der Waals surface area contributed by atoms with Crippen LogP contribution in [0, 0.1) is 0 Å². The molecular formula is C19H19ClN2O4S. The molecule has 1 aliphatic rings. The molecule has 0 spiro atoms. The highest BCUT2D eigenvalue weighted by Gasteiger charge is 2.30. The van der Waals surface area contributed by atoms with Gasteiger partial charge in [0.05, 0.1) is 22.9 Å². The number of fused-ring (bicyclic) bond motifs is 1. The van der Waals surface area contributed by atoms with E-state index in [1.807, 2.05) is 6.07 Å². The van der Waals surface area contributed by atoms with Crippen molar-refractivity contribution in [1.29, 1.82) is 0 Å². The lowest BCUT2D eigenvalue weighted by molar-refractivity contribution is -0.150. The summed E-state index contributed by atoms with van der Waals surface area (Å²) in [6.45, 7) is 3.67. The Labute approximate surface area is 167 Å². The molecule has 3 rings (SSSR count). The lowest BCUT2D eigenvalue weighted by Gasteiger charge is -2.34. The van der Waals surface area contributed by atoms with Crippen LogP contribution < -0.4 is 13.9 Å². The van der Waals surface area contributed by atoms with Crippen LogP contribution in [0.5, 0.6) is 5.75 Å². The Hall–Kier alpha value is -2.38. The first-order valence-electron chi connectivity index (χ1n) is 8.39. The first-order chi connectivity index (χ1) is 12.9. The fourth-order valence-corrected chi connectivity index (χ4v) is 3.71. The van der Waals surface area contributed by atoms with Crippen molar-refractivity contribution in [2.24, 2.45) is 0 Å². The fourth-order valence-electron chi connectivity index (χ4n) is 2.54. The lowest BCUT2D eigenvalue weighted by atomic mass is 10.2. The van der Waals surface area contributed by atoms with Crippen LogP contribution in [0.25, 0.3) is 0 Å². The molecule has 2 aromatic rings. The van der Waals surface area contributed by atoms with Gasteiger partial charge in [0.25, 0.3) is 0 Å². The molecule has 0 aromatic heterocycles. The minimum Gasteiger partial charge on any atom is -0.479 e. The van der Waals surface area contributed by atoms with E-state index in [2.05, 4.69) is 0 Å². The number of benzene rings is 2. The van der Waals surface area contributed by atoms with Gasteiger partial charge in [0.1, 0.15) is 5.75 Å². The number of carbonyl (C=O) groups excluding carboxylic acids is 2. The average molecular weight is 407 g/mol. The molecule has 0 unspecified atom stereocenters. The molecule has 0 fully saturated rings. The van der Waals surface area contributed by atoms with Crippen molar-refractivity contribution in [1.82, 2.24) is 0 Å². The van der Waals surface area contributed by atoms with Gasteiger partial charge < -0.3 is 9.47 Å². The highest BCUT2D eigenvalue weighted by Crippen LogP contribution is 2.42. The number of rotatable bonds is 5. The summed E-state index contributed by atoms with van der Waals surface area (Å²) in [5.74, 6) is 0.0671. The maximum atomic E-state index is 12.8. The molecule has 0 N–H and O–H groups in total. The van der Waals surface area contributed by atoms with Crippen LogP contribution in [-0.4, -0.2) is 31.8 Å². The van der Waals surface area contributed by atoms with E-state index in [0.717, 1.165) is 10.6 Å². The number of anilines is 2. The average Bonchev–Trinajstić information content (AvgIpc) is 2.66. The molecule has 27 heavy (non-hydrogen) atoms. The standard InChI is InChI=1S/C19H19ClN2O4S/c1-4-25-18(23)12(2)26-15-9-10-17-16(11-15)21(3)19(24)22(27-17)14-7-5-13(20)6-8-14/h5-12H,4H2,1-3H3/t12-/m1/s1. The second kappa shape index (κ2) is 8.10. The van der Waals surface area contributed by atoms with Crippen LogP contribution in [0.1, 0.15) is 13.8 Å². The first kappa shape index (κ1) is 19.4. The van der Waals surface area contributed by atoms with Gasteiger partial charge in [-0.15, -0.1) is 0 Å². The Morgan fingerprint density at radius 1 is 1.22 bits per heavy atom. The molecule has 0 saturated heterocycles. The summed E-state index contributed by atoms with van der Waals surface area (Å²) in [5.41, 5.74) is 1.45. The number of urea groups is 1. The Kier molecular flexibility index (Phi) is 5.82. The third-order valence-electron chi connectivity index (χ3n) is 3.93. The van der Waals surface area contributed by atoms with Gasteiger partial charge in [0, 0.05) is 18.1 Å². The summed E-state index contributed by atoms with van der Waals surface area (Å²) in [7, 11) is 1.70. The van der Waals surface area contributed by atoms with Crippen molar-refractivity contribution in [2.45, 2.75) is 24.8 Å². The van der Waals surface area contributed by atoms with E-state index in [9.17, 15) is 9.59 Å². The minimum atomic E-state index is -0.731. The fraction of sp³-hybridized carbons (Fsp3) is 0.263. The number of halogens is 1. The molecule has 2 aromatic carbocycles. The number of hydrogen-bond donors (Lipinski definition) is 0. The summed E-state index contributed by atoms with van der Waals surface area (Å²) in [4.78, 5) is 27.0. The highest BCUT2D eigenvalue weighted by molar-refractivity contribution is 8.01. The summed E-state index contributed by atoms with van der Waals surface area (Å²) in [6.07, 6.45) is -0.731. The highest BCUT2D eigenvalue weighted by atomic mass is 35.5. The van der Waals surface area contributed by atoms with Crippen molar-refractivity contribution in [3.05, 3.63) is 47.5 Å². The number of carbonyl (C=O) groups is 2. The predicted molar refractivity (Wildman–Crippen MR) is 107 cm³/mol. The van der Waals surface area contributed by atoms with Gasteiger partial charge in [-0.25, -0.2) is 13.9 Å². The van der Waals surface area contributed by atoms with Crippen molar-refractivity contribution < 1.29 is 19.1 Å². The Balaban J connectivity index is 1.82. The zero-order valence-corrected chi connectivity index (χ0v) is 16.7. The van der Waals surface area contributed by atoms with Gasteiger partial charge in [0.15, 0.2) is 6.10 Å². The van der Waals surface area contributed by atoms with Crippen molar-refractivity contribution in [3.63, 3.8) is 0 Å². The van der Waals surface area contributed by atoms with Crippen LogP contribution in [0.2, 0.25) is 5.02 Å². The van der Waals surface area contributed by atoms with E-state index >= 15 is 0 Å². The third-order valence-corrected chi connectivity index (χ3v) is 5.28. The van der Waals surface area contributed by atoms with Gasteiger partial charge in [-0.1, -0.05) is 11.6 Å². The predicted octanol–water partition coefficient (Wildman–Crippen LogP) is 4.75. The van der Waals surface area contributed by atoms with Gasteiger partial charge in [0.2, 0.25) is 0 Å². The zero-order chi connectivity index (χ0) is 19.6. The second-order valence-electron chi connectivity index (χ2n) is 5.85. The van der Waals surface area contributed by atoms with E-state index in [4.69, 9.17) is 21.1 Å². The maximum Gasteiger partial charge on any atom is 0.347 e. The minimum absolute atomic E-state index is 0.189. The number of hydrogen-bond acceptors (Lipinski definition) is 5. The number of esters is 1. The van der Waals surface area contributed by atoms with Crippen LogP contribution >= 0.6 is 23.5 Å². The molecular weight excluding hydrogens is 388 g/mol. The van der Waals surface area contributed by atoms with E-state index < -0.39 is 12.1 Å². The van der Waals surface area contributed by atoms with Gasteiger partial charge in [-0.3, -0.25) is 4.90 Å². The van der Waals surface area contributed by atoms with E-state index in [0.29, 0.717) is 23.1 Å². The molecule has 1 atom stereocenters. The largest absolute Gasteiger partial charge is 0.479 e. The second-order valence-corrected chi connectivity index (χ2v) is 7.27. The van der Waals surface area contributed by atoms with Crippen molar-refractivity contribution in [3.8, 4) is 5.75 Å². The topological polar surface area (TPSA) is 59.1 Å². The third kappa shape index (κ3) is 4.14. The Morgan fingerprint density at radius 3 is 2.59 bits per heavy atom. The van der Waals surface area contributed by atoms with E-state index in [-0.39, 0.29) is 6.03 Å². The van der Waals surface area contributed by atoms with Crippen LogP contribution in [0.15, 0.2) is 47.4 Å². The summed E-state index contributed by atoms with van der Waals surface area (Å²) >= 11 is 7.25. The summed E-state index contributed by atoms with van der Waals surface area (Å²) in [5, 5.41) is 0.611. The lowest BCUT2D eigenvalue weighted by Crippen LogP contribution is -2.40. The molecule has 1 aliphatic heterocycles. The molecule has 0 aliphatic carbocycles. The first-order valence-corrected chi connectivity index (χ1v) is 9.54. The molecule has 142 valence electrons. The van der Waals surface area contributed by atoms with Crippen LogP contribution in [-0.2, 0) is 9.53 Å². The van der Waals surface area contributed by atoms with Gasteiger partial charge >= 0.3 is 12.0 Å². The van der Waals surface area contributed by atoms with E-state index in [1.165, 1.54) is 11.9 Å². The van der Waals surface area contributed by atoms with Crippen LogP contribution in [0.3, 0.4) is 0 Å². The number of ether oxygens (including phenoxy) is 2. The molecule has 8 heteroatoms. The van der Waals surface area contributed by atoms with Gasteiger partial charge in [-0.2, -0.15) is 0 Å². The van der Waals surface area contributed by atoms with Gasteiger partial charge in [-0.05, 0) is 62.2 Å². The molecule has 2 amide bonds. The maximum absolute atomic E-state index is 12.8. The molecule has 0 bridgehead atoms. The molecule has 6 nitrogen and oxygen atoms in total. The molecule has 0 radical (unpaired) electrons. The number of amides is 2. The molecule has 0 saturated carbocycles. The van der Waals surface area contributed by atoms with Crippen molar-refractivity contribution in [2.75, 3.05) is 22.9 Å². The summed E-state index contributed by atoms with van der Waals surface area (Å²) < 4.78 is 12.2. The quantitative estimate of drug-likeness (QED) is 0.529. The Bertz CT molecular complexity index is 859. The van der Waals surface area contributed by atoms with E-state index in [1.54, 1.807) is 66.5 Å². The normalized spacial score (nSPS) is 14.6. The zero-order valence-electron chi connectivity index (χ0n) is 15.1.